The van der Waals surface area contributed by atoms with Crippen LogP contribution in [0.2, 0.25) is 0 Å². The first kappa shape index (κ1) is 12.8. The molecule has 0 aromatic heterocycles. The summed E-state index contributed by atoms with van der Waals surface area (Å²) in [6.07, 6.45) is 0. The molecule has 0 radical (unpaired) electrons. The molecule has 0 aliphatic carbocycles. The number of carbonyl (C=O) groups is 1. The van der Waals surface area contributed by atoms with Crippen LogP contribution in [-0.4, -0.2) is 31.3 Å². The van der Waals surface area contributed by atoms with Crippen LogP contribution in [0, 0.1) is 5.92 Å². The molecule has 2 aromatic carbocycles. The van der Waals surface area contributed by atoms with E-state index in [4.69, 9.17) is 0 Å². The van der Waals surface area contributed by atoms with Crippen molar-refractivity contribution in [3.8, 4) is 0 Å². The lowest BCUT2D eigenvalue weighted by Gasteiger charge is -2.16. The van der Waals surface area contributed by atoms with Crippen molar-refractivity contribution in [2.24, 2.45) is 5.92 Å². The maximum atomic E-state index is 12.3. The summed E-state index contributed by atoms with van der Waals surface area (Å²) in [5.74, 6) is 0.246. The van der Waals surface area contributed by atoms with Crippen LogP contribution in [0.5, 0.6) is 0 Å². The van der Waals surface area contributed by atoms with Gasteiger partial charge in [0, 0.05) is 18.0 Å². The molecule has 0 spiro atoms. The van der Waals surface area contributed by atoms with Gasteiger partial charge in [-0.25, -0.2) is 0 Å². The minimum atomic E-state index is 0.0289. The highest BCUT2D eigenvalue weighted by Gasteiger charge is 2.15. The second kappa shape index (κ2) is 5.32. The van der Waals surface area contributed by atoms with Gasteiger partial charge in [0.2, 0.25) is 0 Å². The van der Waals surface area contributed by atoms with Crippen LogP contribution >= 0.6 is 0 Å². The Labute approximate surface area is 108 Å². The van der Waals surface area contributed by atoms with E-state index >= 15 is 0 Å². The highest BCUT2D eigenvalue weighted by molar-refractivity contribution is 6.01. The Balaban J connectivity index is 2.28. The van der Waals surface area contributed by atoms with Gasteiger partial charge in [0.25, 0.3) is 0 Å². The van der Waals surface area contributed by atoms with Gasteiger partial charge in [0.1, 0.15) is 0 Å². The Morgan fingerprint density at radius 2 is 1.78 bits per heavy atom. The predicted octanol–water partition coefficient (Wildman–Crippen LogP) is 3.22. The average Bonchev–Trinajstić information content (AvgIpc) is 2.36. The SMILES string of the molecule is CC(CN(C)C)C(=O)c1ccc2ccccc2c1. The van der Waals surface area contributed by atoms with Crippen molar-refractivity contribution in [2.75, 3.05) is 20.6 Å². The van der Waals surface area contributed by atoms with Crippen LogP contribution in [0.25, 0.3) is 10.8 Å². The van der Waals surface area contributed by atoms with Crippen LogP contribution in [-0.2, 0) is 0 Å². The van der Waals surface area contributed by atoms with Gasteiger partial charge in [-0.1, -0.05) is 43.3 Å². The van der Waals surface area contributed by atoms with Gasteiger partial charge < -0.3 is 4.90 Å². The number of fused-ring (bicyclic) bond motifs is 1. The van der Waals surface area contributed by atoms with Gasteiger partial charge in [-0.2, -0.15) is 0 Å². The molecule has 0 amide bonds. The van der Waals surface area contributed by atoms with Gasteiger partial charge in [0.15, 0.2) is 5.78 Å². The van der Waals surface area contributed by atoms with E-state index in [0.29, 0.717) is 0 Å². The van der Waals surface area contributed by atoms with Crippen molar-refractivity contribution in [3.05, 3.63) is 48.0 Å². The third kappa shape index (κ3) is 2.77. The molecule has 0 fully saturated rings. The van der Waals surface area contributed by atoms with E-state index in [2.05, 4.69) is 6.07 Å². The molecule has 2 nitrogen and oxygen atoms in total. The van der Waals surface area contributed by atoms with Gasteiger partial charge in [-0.3, -0.25) is 4.79 Å². The summed E-state index contributed by atoms with van der Waals surface area (Å²) in [5, 5.41) is 2.30. The smallest absolute Gasteiger partial charge is 0.166 e. The van der Waals surface area contributed by atoms with Crippen LogP contribution in [0.1, 0.15) is 17.3 Å². The monoisotopic (exact) mass is 241 g/mol. The molecule has 1 atom stereocenters. The standard InChI is InChI=1S/C16H19NO/c1-12(11-17(2)3)16(18)15-9-8-13-6-4-5-7-14(13)10-15/h4-10,12H,11H2,1-3H3. The molecule has 0 bridgehead atoms. The van der Waals surface area contributed by atoms with E-state index in [1.165, 1.54) is 5.39 Å². The summed E-state index contributed by atoms with van der Waals surface area (Å²) in [6.45, 7) is 2.77. The van der Waals surface area contributed by atoms with Crippen LogP contribution in [0.4, 0.5) is 0 Å². The summed E-state index contributed by atoms with van der Waals surface area (Å²) in [7, 11) is 3.98. The Hall–Kier alpha value is -1.67. The first-order valence-corrected chi connectivity index (χ1v) is 6.25. The zero-order valence-corrected chi connectivity index (χ0v) is 11.2. The summed E-state index contributed by atoms with van der Waals surface area (Å²) in [4.78, 5) is 14.3. The van der Waals surface area contributed by atoms with Crippen molar-refractivity contribution in [1.82, 2.24) is 4.90 Å². The van der Waals surface area contributed by atoms with Gasteiger partial charge >= 0.3 is 0 Å². The quantitative estimate of drug-likeness (QED) is 0.766. The van der Waals surface area contributed by atoms with Gasteiger partial charge in [-0.15, -0.1) is 0 Å². The molecule has 0 N–H and O–H groups in total. The molecule has 2 aromatic rings. The first-order valence-electron chi connectivity index (χ1n) is 6.25. The van der Waals surface area contributed by atoms with Crippen molar-refractivity contribution in [3.63, 3.8) is 0 Å². The highest BCUT2D eigenvalue weighted by atomic mass is 16.1. The Morgan fingerprint density at radius 1 is 1.11 bits per heavy atom. The Bertz CT molecular complexity index is 560. The lowest BCUT2D eigenvalue weighted by atomic mass is 9.97. The van der Waals surface area contributed by atoms with E-state index in [1.807, 2.05) is 62.3 Å². The molecule has 0 aliphatic rings. The molecule has 0 heterocycles. The molecular weight excluding hydrogens is 222 g/mol. The third-order valence-corrected chi connectivity index (χ3v) is 3.12. The fourth-order valence-electron chi connectivity index (χ4n) is 2.26. The average molecular weight is 241 g/mol. The molecular formula is C16H19NO. The minimum Gasteiger partial charge on any atom is -0.309 e. The molecule has 0 aliphatic heterocycles. The Kier molecular flexibility index (Phi) is 3.78. The van der Waals surface area contributed by atoms with Gasteiger partial charge in [-0.05, 0) is 30.9 Å². The van der Waals surface area contributed by atoms with E-state index in [0.717, 1.165) is 17.5 Å². The summed E-state index contributed by atoms with van der Waals surface area (Å²) < 4.78 is 0. The zero-order valence-electron chi connectivity index (χ0n) is 11.2. The van der Waals surface area contributed by atoms with Crippen LogP contribution in [0.15, 0.2) is 42.5 Å². The number of hydrogen-bond donors (Lipinski definition) is 0. The largest absolute Gasteiger partial charge is 0.309 e. The fourth-order valence-corrected chi connectivity index (χ4v) is 2.26. The normalized spacial score (nSPS) is 12.9. The van der Waals surface area contributed by atoms with E-state index in [1.54, 1.807) is 0 Å². The summed E-state index contributed by atoms with van der Waals surface area (Å²) in [5.41, 5.74) is 0.808. The second-order valence-electron chi connectivity index (χ2n) is 5.09. The molecule has 1 unspecified atom stereocenters. The summed E-state index contributed by atoms with van der Waals surface area (Å²) in [6, 6.07) is 14.1. The maximum Gasteiger partial charge on any atom is 0.166 e. The highest BCUT2D eigenvalue weighted by Crippen LogP contribution is 2.18. The lowest BCUT2D eigenvalue weighted by molar-refractivity contribution is 0.0910. The first-order chi connectivity index (χ1) is 8.58. The number of Topliss-reactive ketones (excluding diaryl/α,β-unsaturated/α-hetero) is 1. The predicted molar refractivity (Wildman–Crippen MR) is 76.0 cm³/mol. The number of carbonyl (C=O) groups excluding carboxylic acids is 1. The number of nitrogens with zero attached hydrogens (tertiary/aromatic N) is 1. The fraction of sp³-hybridized carbons (Fsp3) is 0.312. The van der Waals surface area contributed by atoms with E-state index in [9.17, 15) is 4.79 Å². The van der Waals surface area contributed by atoms with Gasteiger partial charge in [0.05, 0.1) is 0 Å². The molecule has 18 heavy (non-hydrogen) atoms. The van der Waals surface area contributed by atoms with Crippen molar-refractivity contribution in [1.29, 1.82) is 0 Å². The number of rotatable bonds is 4. The van der Waals surface area contributed by atoms with Crippen molar-refractivity contribution < 1.29 is 4.79 Å². The minimum absolute atomic E-state index is 0.0289. The molecule has 2 rings (SSSR count). The van der Waals surface area contributed by atoms with E-state index < -0.39 is 0 Å². The zero-order chi connectivity index (χ0) is 13.1. The lowest BCUT2D eigenvalue weighted by Crippen LogP contribution is -2.25. The van der Waals surface area contributed by atoms with E-state index in [-0.39, 0.29) is 11.7 Å². The van der Waals surface area contributed by atoms with Crippen LogP contribution in [0.3, 0.4) is 0 Å². The number of ketones is 1. The van der Waals surface area contributed by atoms with Crippen molar-refractivity contribution in [2.45, 2.75) is 6.92 Å². The molecule has 0 saturated heterocycles. The number of hydrogen-bond acceptors (Lipinski definition) is 2. The van der Waals surface area contributed by atoms with Crippen molar-refractivity contribution >= 4 is 16.6 Å². The number of benzene rings is 2. The topological polar surface area (TPSA) is 20.3 Å². The summed E-state index contributed by atoms with van der Waals surface area (Å²) >= 11 is 0. The molecule has 0 saturated carbocycles. The maximum absolute atomic E-state index is 12.3. The Morgan fingerprint density at radius 3 is 2.44 bits per heavy atom. The third-order valence-electron chi connectivity index (χ3n) is 3.12. The molecule has 94 valence electrons. The second-order valence-corrected chi connectivity index (χ2v) is 5.09. The van der Waals surface area contributed by atoms with Crippen LogP contribution < -0.4 is 0 Å². The molecule has 2 heteroatoms.